The molecule has 2 aromatic carbocycles. The highest BCUT2D eigenvalue weighted by Gasteiger charge is 2.15. The van der Waals surface area contributed by atoms with E-state index in [2.05, 4.69) is 26.0 Å². The third-order valence-corrected chi connectivity index (χ3v) is 4.08. The van der Waals surface area contributed by atoms with Crippen molar-refractivity contribution < 1.29 is 9.90 Å². The minimum Gasteiger partial charge on any atom is -0.480 e. The Hall–Kier alpha value is -2.04. The number of aliphatic carboxylic acids is 1. The average Bonchev–Trinajstić information content (AvgIpc) is 2.53. The number of carboxylic acids is 1. The molecule has 2 aromatic rings. The Morgan fingerprint density at radius 3 is 2.23 bits per heavy atom. The van der Waals surface area contributed by atoms with Gasteiger partial charge in [-0.3, -0.25) is 4.79 Å². The van der Waals surface area contributed by atoms with Crippen LogP contribution in [0.4, 0.5) is 0 Å². The zero-order valence-corrected chi connectivity index (χ0v) is 13.4. The van der Waals surface area contributed by atoms with E-state index in [-0.39, 0.29) is 0 Å². The van der Waals surface area contributed by atoms with Crippen LogP contribution in [-0.2, 0) is 4.79 Å². The van der Waals surface area contributed by atoms with Crippen LogP contribution < -0.4 is 5.73 Å². The minimum absolute atomic E-state index is 0.472. The summed E-state index contributed by atoms with van der Waals surface area (Å²) in [6.45, 7) is 4.29. The normalized spacial score (nSPS) is 12.2. The SMILES string of the molecule is CC(C)c1ccc(C(=S)c2cccc(C(N)C(=O)O)c2)cc1. The molecule has 0 spiro atoms. The standard InChI is InChI=1S/C18H19NO2S/c1-11(2)12-6-8-13(9-7-12)17(22)15-5-3-4-14(10-15)16(19)18(20)21/h3-11,16H,19H2,1-2H3,(H,20,21). The van der Waals surface area contributed by atoms with Gasteiger partial charge in [-0.1, -0.05) is 68.5 Å². The van der Waals surface area contributed by atoms with E-state index < -0.39 is 12.0 Å². The second-order valence-corrected chi connectivity index (χ2v) is 5.96. The molecule has 114 valence electrons. The van der Waals surface area contributed by atoms with Crippen LogP contribution in [0, 0.1) is 0 Å². The van der Waals surface area contributed by atoms with Crippen molar-refractivity contribution in [3.8, 4) is 0 Å². The van der Waals surface area contributed by atoms with Crippen molar-refractivity contribution in [2.75, 3.05) is 0 Å². The Morgan fingerprint density at radius 2 is 1.68 bits per heavy atom. The second kappa shape index (κ2) is 6.81. The van der Waals surface area contributed by atoms with Crippen LogP contribution in [0.25, 0.3) is 0 Å². The first-order chi connectivity index (χ1) is 10.4. The van der Waals surface area contributed by atoms with E-state index in [1.54, 1.807) is 18.2 Å². The summed E-state index contributed by atoms with van der Waals surface area (Å²) in [5.41, 5.74) is 9.21. The third kappa shape index (κ3) is 3.59. The van der Waals surface area contributed by atoms with Crippen molar-refractivity contribution in [3.05, 3.63) is 70.8 Å². The molecule has 0 bridgehead atoms. The predicted molar refractivity (Wildman–Crippen MR) is 92.3 cm³/mol. The van der Waals surface area contributed by atoms with Crippen LogP contribution in [0.3, 0.4) is 0 Å². The van der Waals surface area contributed by atoms with Gasteiger partial charge in [0, 0.05) is 0 Å². The van der Waals surface area contributed by atoms with Crippen molar-refractivity contribution >= 4 is 23.1 Å². The summed E-state index contributed by atoms with van der Waals surface area (Å²) >= 11 is 5.52. The topological polar surface area (TPSA) is 63.3 Å². The molecule has 0 aliphatic carbocycles. The summed E-state index contributed by atoms with van der Waals surface area (Å²) in [7, 11) is 0. The molecule has 2 rings (SSSR count). The van der Waals surface area contributed by atoms with Gasteiger partial charge in [-0.15, -0.1) is 0 Å². The number of carbonyl (C=O) groups is 1. The Balaban J connectivity index is 2.29. The molecule has 0 radical (unpaired) electrons. The molecule has 1 atom stereocenters. The van der Waals surface area contributed by atoms with Gasteiger partial charge in [0.1, 0.15) is 6.04 Å². The number of rotatable bonds is 5. The molecule has 0 aliphatic heterocycles. The lowest BCUT2D eigenvalue weighted by atomic mass is 9.97. The monoisotopic (exact) mass is 313 g/mol. The smallest absolute Gasteiger partial charge is 0.325 e. The lowest BCUT2D eigenvalue weighted by Gasteiger charge is -2.11. The van der Waals surface area contributed by atoms with Crippen molar-refractivity contribution in [2.45, 2.75) is 25.8 Å². The van der Waals surface area contributed by atoms with Crippen LogP contribution in [0.5, 0.6) is 0 Å². The number of benzene rings is 2. The summed E-state index contributed by atoms with van der Waals surface area (Å²) in [6, 6.07) is 14.2. The number of thiocarbonyl (C=S) groups is 1. The first-order valence-electron chi connectivity index (χ1n) is 7.13. The Labute approximate surface area is 135 Å². The molecule has 0 heterocycles. The first-order valence-corrected chi connectivity index (χ1v) is 7.54. The van der Waals surface area contributed by atoms with Gasteiger partial charge in [-0.05, 0) is 34.2 Å². The van der Waals surface area contributed by atoms with Crippen molar-refractivity contribution in [3.63, 3.8) is 0 Å². The minimum atomic E-state index is -1.05. The Kier molecular flexibility index (Phi) is 5.06. The molecule has 0 saturated heterocycles. The average molecular weight is 313 g/mol. The maximum atomic E-state index is 11.0. The largest absolute Gasteiger partial charge is 0.480 e. The van der Waals surface area contributed by atoms with Gasteiger partial charge in [0.05, 0.1) is 4.86 Å². The third-order valence-electron chi connectivity index (χ3n) is 3.61. The molecular formula is C18H19NO2S. The highest BCUT2D eigenvalue weighted by molar-refractivity contribution is 7.81. The number of carboxylic acid groups (broad SMARTS) is 1. The van der Waals surface area contributed by atoms with Gasteiger partial charge in [-0.25, -0.2) is 0 Å². The van der Waals surface area contributed by atoms with E-state index in [1.807, 2.05) is 18.2 Å². The molecule has 0 amide bonds. The van der Waals surface area contributed by atoms with Gasteiger partial charge in [-0.2, -0.15) is 0 Å². The van der Waals surface area contributed by atoms with Gasteiger partial charge >= 0.3 is 5.97 Å². The van der Waals surface area contributed by atoms with Crippen LogP contribution in [0.15, 0.2) is 48.5 Å². The van der Waals surface area contributed by atoms with Crippen molar-refractivity contribution in [1.82, 2.24) is 0 Å². The Bertz CT molecular complexity index is 692. The number of hydrogen-bond donors (Lipinski definition) is 2. The zero-order valence-electron chi connectivity index (χ0n) is 12.6. The highest BCUT2D eigenvalue weighted by atomic mass is 32.1. The van der Waals surface area contributed by atoms with E-state index in [9.17, 15) is 4.79 Å². The molecule has 3 N–H and O–H groups in total. The van der Waals surface area contributed by atoms with E-state index in [1.165, 1.54) is 5.56 Å². The van der Waals surface area contributed by atoms with E-state index in [4.69, 9.17) is 23.1 Å². The quantitative estimate of drug-likeness (QED) is 0.653. The first kappa shape index (κ1) is 16.3. The molecular weight excluding hydrogens is 294 g/mol. The second-order valence-electron chi connectivity index (χ2n) is 5.55. The fraction of sp³-hybridized carbons (Fsp3) is 0.222. The van der Waals surface area contributed by atoms with Crippen LogP contribution in [0.2, 0.25) is 0 Å². The van der Waals surface area contributed by atoms with E-state index >= 15 is 0 Å². The lowest BCUT2D eigenvalue weighted by Crippen LogP contribution is -2.20. The lowest BCUT2D eigenvalue weighted by molar-refractivity contribution is -0.138. The molecule has 0 aliphatic rings. The predicted octanol–water partition coefficient (Wildman–Crippen LogP) is 3.66. The van der Waals surface area contributed by atoms with Gasteiger partial charge in [0.15, 0.2) is 0 Å². The van der Waals surface area contributed by atoms with Crippen molar-refractivity contribution in [1.29, 1.82) is 0 Å². The fourth-order valence-electron chi connectivity index (χ4n) is 2.20. The van der Waals surface area contributed by atoms with E-state index in [0.717, 1.165) is 11.1 Å². The maximum Gasteiger partial charge on any atom is 0.325 e. The highest BCUT2D eigenvalue weighted by Crippen LogP contribution is 2.19. The number of hydrogen-bond acceptors (Lipinski definition) is 3. The molecule has 0 aromatic heterocycles. The van der Waals surface area contributed by atoms with Gasteiger partial charge < -0.3 is 10.8 Å². The molecule has 1 unspecified atom stereocenters. The van der Waals surface area contributed by atoms with Crippen LogP contribution >= 0.6 is 12.2 Å². The molecule has 4 heteroatoms. The fourth-order valence-corrected chi connectivity index (χ4v) is 2.47. The molecule has 22 heavy (non-hydrogen) atoms. The van der Waals surface area contributed by atoms with Crippen LogP contribution in [0.1, 0.15) is 48.1 Å². The molecule has 0 fully saturated rings. The summed E-state index contributed by atoms with van der Waals surface area (Å²) in [4.78, 5) is 11.7. The Morgan fingerprint density at radius 1 is 1.05 bits per heavy atom. The summed E-state index contributed by atoms with van der Waals surface area (Å²) in [5.74, 6) is -0.580. The molecule has 3 nitrogen and oxygen atoms in total. The van der Waals surface area contributed by atoms with E-state index in [0.29, 0.717) is 16.3 Å². The zero-order chi connectivity index (χ0) is 16.3. The number of nitrogens with two attached hydrogens (primary N) is 1. The van der Waals surface area contributed by atoms with Crippen molar-refractivity contribution in [2.24, 2.45) is 5.73 Å². The summed E-state index contributed by atoms with van der Waals surface area (Å²) in [6.07, 6.45) is 0. The summed E-state index contributed by atoms with van der Waals surface area (Å²) < 4.78 is 0. The summed E-state index contributed by atoms with van der Waals surface area (Å²) in [5, 5.41) is 9.01. The maximum absolute atomic E-state index is 11.0. The van der Waals surface area contributed by atoms with Gasteiger partial charge in [0.2, 0.25) is 0 Å². The van der Waals surface area contributed by atoms with Gasteiger partial charge in [0.25, 0.3) is 0 Å². The van der Waals surface area contributed by atoms with Crippen LogP contribution in [-0.4, -0.2) is 15.9 Å². The molecule has 0 saturated carbocycles.